The second-order valence-corrected chi connectivity index (χ2v) is 9.43. The maximum absolute atomic E-state index is 12.8. The van der Waals surface area contributed by atoms with E-state index in [1.165, 1.54) is 5.56 Å². The van der Waals surface area contributed by atoms with Crippen LogP contribution in [0.3, 0.4) is 0 Å². The van der Waals surface area contributed by atoms with Gasteiger partial charge in [0.25, 0.3) is 5.91 Å². The van der Waals surface area contributed by atoms with Crippen LogP contribution in [0.15, 0.2) is 66.9 Å². The summed E-state index contributed by atoms with van der Waals surface area (Å²) in [4.78, 5) is 12.8. The number of benzene rings is 2. The maximum Gasteiger partial charge on any atom is 0.276 e. The van der Waals surface area contributed by atoms with E-state index in [1.54, 1.807) is 16.9 Å². The predicted molar refractivity (Wildman–Crippen MR) is 133 cm³/mol. The number of amides is 1. The van der Waals surface area contributed by atoms with Crippen molar-refractivity contribution < 1.29 is 9.53 Å². The number of nitrogens with one attached hydrogen (secondary N) is 1. The Labute approximate surface area is 200 Å². The van der Waals surface area contributed by atoms with Gasteiger partial charge in [-0.1, -0.05) is 63.2 Å². The molecule has 4 aromatic rings. The van der Waals surface area contributed by atoms with Crippen LogP contribution in [-0.4, -0.2) is 25.5 Å². The minimum atomic E-state index is -0.279. The molecule has 0 atom stereocenters. The summed E-state index contributed by atoms with van der Waals surface area (Å²) in [6, 6.07) is 19.8. The van der Waals surface area contributed by atoms with Crippen molar-refractivity contribution in [2.75, 3.05) is 5.32 Å². The maximum atomic E-state index is 12.8. The lowest BCUT2D eigenvalue weighted by Gasteiger charge is -2.19. The SMILES string of the molecule is Cc1nn(Cc2ccccc2)c(C)c1NC(=O)c1ccn(COc2ccc(C(C)(C)C)cc2)n1. The van der Waals surface area contributed by atoms with E-state index in [2.05, 4.69) is 60.6 Å². The van der Waals surface area contributed by atoms with Crippen LogP contribution >= 0.6 is 0 Å². The molecule has 0 saturated carbocycles. The summed E-state index contributed by atoms with van der Waals surface area (Å²) in [7, 11) is 0. The van der Waals surface area contributed by atoms with E-state index in [1.807, 2.05) is 48.9 Å². The third kappa shape index (κ3) is 5.36. The Morgan fingerprint density at radius 1 is 0.971 bits per heavy atom. The first-order valence-corrected chi connectivity index (χ1v) is 11.4. The van der Waals surface area contributed by atoms with Crippen LogP contribution in [0.2, 0.25) is 0 Å². The van der Waals surface area contributed by atoms with Crippen LogP contribution in [0.5, 0.6) is 5.75 Å². The molecular weight excluding hydrogens is 426 g/mol. The average molecular weight is 458 g/mol. The molecule has 4 rings (SSSR count). The molecule has 0 aliphatic rings. The van der Waals surface area contributed by atoms with Gasteiger partial charge in [0.2, 0.25) is 0 Å². The Morgan fingerprint density at radius 3 is 2.35 bits per heavy atom. The lowest BCUT2D eigenvalue weighted by Crippen LogP contribution is -2.15. The van der Waals surface area contributed by atoms with Crippen LogP contribution in [-0.2, 0) is 18.7 Å². The molecule has 1 amide bonds. The highest BCUT2D eigenvalue weighted by molar-refractivity contribution is 6.03. The van der Waals surface area contributed by atoms with E-state index in [-0.39, 0.29) is 18.1 Å². The third-order valence-corrected chi connectivity index (χ3v) is 5.75. The van der Waals surface area contributed by atoms with Crippen LogP contribution < -0.4 is 10.1 Å². The number of ether oxygens (including phenoxy) is 1. The molecule has 2 heterocycles. The molecule has 2 aromatic heterocycles. The Morgan fingerprint density at radius 2 is 1.68 bits per heavy atom. The zero-order chi connectivity index (χ0) is 24.3. The molecule has 1 N–H and O–H groups in total. The van der Waals surface area contributed by atoms with Crippen LogP contribution in [0, 0.1) is 13.8 Å². The Bertz CT molecular complexity index is 1260. The Kier molecular flexibility index (Phi) is 6.54. The zero-order valence-electron chi connectivity index (χ0n) is 20.4. The number of hydrogen-bond acceptors (Lipinski definition) is 4. The highest BCUT2D eigenvalue weighted by Gasteiger charge is 2.17. The summed E-state index contributed by atoms with van der Waals surface area (Å²) in [5.74, 6) is 0.477. The molecule has 0 fully saturated rings. The average Bonchev–Trinajstić information content (AvgIpc) is 3.39. The zero-order valence-corrected chi connectivity index (χ0v) is 20.4. The van der Waals surface area contributed by atoms with Crippen LogP contribution in [0.4, 0.5) is 5.69 Å². The molecule has 0 aliphatic heterocycles. The van der Waals surface area contributed by atoms with Crippen molar-refractivity contribution in [2.24, 2.45) is 0 Å². The monoisotopic (exact) mass is 457 g/mol. The van der Waals surface area contributed by atoms with Gasteiger partial charge < -0.3 is 10.1 Å². The lowest BCUT2D eigenvalue weighted by atomic mass is 9.87. The standard InChI is InChI=1S/C27H31N5O2/c1-19-25(20(2)32(29-19)17-21-9-7-6-8-10-21)28-26(33)24-15-16-31(30-24)18-34-23-13-11-22(12-14-23)27(3,4)5/h6-16H,17-18H2,1-5H3,(H,28,33). The molecule has 34 heavy (non-hydrogen) atoms. The number of anilines is 1. The van der Waals surface area contributed by atoms with Crippen molar-refractivity contribution in [1.29, 1.82) is 0 Å². The van der Waals surface area contributed by atoms with Crippen LogP contribution in [0.1, 0.15) is 53.8 Å². The van der Waals surface area contributed by atoms with Crippen molar-refractivity contribution in [2.45, 2.75) is 53.3 Å². The van der Waals surface area contributed by atoms with E-state index in [4.69, 9.17) is 4.74 Å². The first kappa shape index (κ1) is 23.3. The highest BCUT2D eigenvalue weighted by atomic mass is 16.5. The van der Waals surface area contributed by atoms with Crippen LogP contribution in [0.25, 0.3) is 0 Å². The lowest BCUT2D eigenvalue weighted by molar-refractivity contribution is 0.102. The number of rotatable bonds is 7. The third-order valence-electron chi connectivity index (χ3n) is 5.75. The number of carbonyl (C=O) groups excluding carboxylic acids is 1. The second kappa shape index (κ2) is 9.55. The van der Waals surface area contributed by atoms with Gasteiger partial charge in [-0.3, -0.25) is 9.48 Å². The fourth-order valence-corrected chi connectivity index (χ4v) is 3.71. The van der Waals surface area contributed by atoms with E-state index in [0.717, 1.165) is 22.7 Å². The number of hydrogen-bond donors (Lipinski definition) is 1. The molecule has 0 radical (unpaired) electrons. The fourth-order valence-electron chi connectivity index (χ4n) is 3.71. The van der Waals surface area contributed by atoms with Gasteiger partial charge in [-0.2, -0.15) is 10.2 Å². The van der Waals surface area contributed by atoms with Crippen molar-refractivity contribution >= 4 is 11.6 Å². The van der Waals surface area contributed by atoms with E-state index in [0.29, 0.717) is 17.9 Å². The molecule has 7 heteroatoms. The molecule has 2 aromatic carbocycles. The molecule has 7 nitrogen and oxygen atoms in total. The number of carbonyl (C=O) groups is 1. The minimum absolute atomic E-state index is 0.0948. The van der Waals surface area contributed by atoms with Gasteiger partial charge in [0, 0.05) is 6.20 Å². The smallest absolute Gasteiger partial charge is 0.276 e. The minimum Gasteiger partial charge on any atom is -0.471 e. The van der Waals surface area contributed by atoms with Crippen molar-refractivity contribution in [3.63, 3.8) is 0 Å². The Balaban J connectivity index is 1.38. The second-order valence-electron chi connectivity index (χ2n) is 9.43. The molecule has 0 unspecified atom stereocenters. The quantitative estimate of drug-likeness (QED) is 0.407. The highest BCUT2D eigenvalue weighted by Crippen LogP contribution is 2.24. The first-order valence-electron chi connectivity index (χ1n) is 11.4. The normalized spacial score (nSPS) is 11.4. The summed E-state index contributed by atoms with van der Waals surface area (Å²) in [6.45, 7) is 11.2. The summed E-state index contributed by atoms with van der Waals surface area (Å²) in [6.07, 6.45) is 1.73. The number of nitrogens with zero attached hydrogens (tertiary/aromatic N) is 4. The van der Waals surface area contributed by atoms with E-state index >= 15 is 0 Å². The molecule has 0 saturated heterocycles. The van der Waals surface area contributed by atoms with E-state index < -0.39 is 0 Å². The summed E-state index contributed by atoms with van der Waals surface area (Å²) in [5.41, 5.74) is 5.19. The topological polar surface area (TPSA) is 74.0 Å². The summed E-state index contributed by atoms with van der Waals surface area (Å²) in [5, 5.41) is 11.9. The van der Waals surface area contributed by atoms with Crippen molar-refractivity contribution in [1.82, 2.24) is 19.6 Å². The molecule has 0 aliphatic carbocycles. The van der Waals surface area contributed by atoms with Gasteiger partial charge in [0.05, 0.1) is 23.6 Å². The van der Waals surface area contributed by atoms with Gasteiger partial charge in [-0.15, -0.1) is 0 Å². The first-order chi connectivity index (χ1) is 16.2. The van der Waals surface area contributed by atoms with Gasteiger partial charge in [0.1, 0.15) is 5.75 Å². The summed E-state index contributed by atoms with van der Waals surface area (Å²) < 4.78 is 9.33. The number of aryl methyl sites for hydroxylation is 1. The van der Waals surface area contributed by atoms with Gasteiger partial charge in [-0.05, 0) is 48.6 Å². The van der Waals surface area contributed by atoms with Gasteiger partial charge >= 0.3 is 0 Å². The van der Waals surface area contributed by atoms with Gasteiger partial charge in [-0.25, -0.2) is 4.68 Å². The summed E-state index contributed by atoms with van der Waals surface area (Å²) >= 11 is 0. The molecule has 176 valence electrons. The van der Waals surface area contributed by atoms with Gasteiger partial charge in [0.15, 0.2) is 12.4 Å². The predicted octanol–water partition coefficient (Wildman–Crippen LogP) is 5.33. The largest absolute Gasteiger partial charge is 0.471 e. The molecule has 0 spiro atoms. The number of aromatic nitrogens is 4. The Hall–Kier alpha value is -3.87. The van der Waals surface area contributed by atoms with Crippen molar-refractivity contribution in [3.8, 4) is 5.75 Å². The fraction of sp³-hybridized carbons (Fsp3) is 0.296. The van der Waals surface area contributed by atoms with Crippen molar-refractivity contribution in [3.05, 3.63) is 95.1 Å². The van der Waals surface area contributed by atoms with E-state index in [9.17, 15) is 4.79 Å². The molecular formula is C27H31N5O2. The molecule has 0 bridgehead atoms.